The highest BCUT2D eigenvalue weighted by atomic mass is 32.2. The van der Waals surface area contributed by atoms with Crippen molar-refractivity contribution in [2.75, 3.05) is 4.90 Å². The minimum absolute atomic E-state index is 0.891. The average molecular weight is 202 g/mol. The minimum Gasteiger partial charge on any atom is -0.447 e. The van der Waals surface area contributed by atoms with Crippen LogP contribution in [0, 0.1) is 5.88 Å². The van der Waals surface area contributed by atoms with Crippen LogP contribution >= 0.6 is 11.8 Å². The molecular weight excluding hydrogens is 194 g/mol. The van der Waals surface area contributed by atoms with Crippen LogP contribution in [0.3, 0.4) is 0 Å². The second-order valence-corrected chi connectivity index (χ2v) is 3.82. The van der Waals surface area contributed by atoms with Crippen molar-refractivity contribution < 1.29 is 4.42 Å². The Bertz CT molecular complexity index is 489. The van der Waals surface area contributed by atoms with E-state index in [-0.39, 0.29) is 0 Å². The molecule has 0 amide bonds. The molecule has 14 heavy (non-hydrogen) atoms. The van der Waals surface area contributed by atoms with Crippen LogP contribution in [0.25, 0.3) is 10.8 Å². The summed E-state index contributed by atoms with van der Waals surface area (Å²) in [7, 11) is 0. The van der Waals surface area contributed by atoms with E-state index in [1.54, 1.807) is 18.0 Å². The zero-order chi connectivity index (χ0) is 9.38. The summed E-state index contributed by atoms with van der Waals surface area (Å²) >= 11 is 1.65. The molecule has 1 aromatic heterocycles. The third kappa shape index (κ3) is 1.13. The summed E-state index contributed by atoms with van der Waals surface area (Å²) in [5.41, 5.74) is 0. The van der Waals surface area contributed by atoms with Gasteiger partial charge in [0.15, 0.2) is 0 Å². The molecule has 0 spiro atoms. The molecule has 0 atom stereocenters. The van der Waals surface area contributed by atoms with Crippen LogP contribution < -0.4 is 4.90 Å². The predicted molar refractivity (Wildman–Crippen MR) is 59.7 cm³/mol. The Kier molecular flexibility index (Phi) is 1.77. The molecule has 0 N–H and O–H groups in total. The number of benzene rings is 1. The van der Waals surface area contributed by atoms with Crippen molar-refractivity contribution in [2.24, 2.45) is 0 Å². The highest BCUT2D eigenvalue weighted by molar-refractivity contribution is 8.04. The maximum absolute atomic E-state index is 5.53. The zero-order valence-corrected chi connectivity index (χ0v) is 8.20. The van der Waals surface area contributed by atoms with Crippen LogP contribution in [0.15, 0.2) is 46.6 Å². The summed E-state index contributed by atoms with van der Waals surface area (Å²) in [5.74, 6) is 2.91. The third-order valence-corrected chi connectivity index (χ3v) is 2.83. The van der Waals surface area contributed by atoms with Crippen LogP contribution in [-0.4, -0.2) is 0 Å². The Morgan fingerprint density at radius 2 is 2.14 bits per heavy atom. The SMILES string of the molecule is [CH]1SC=CN1c1occ2ccccc12. The highest BCUT2D eigenvalue weighted by Crippen LogP contribution is 2.34. The first-order valence-corrected chi connectivity index (χ1v) is 5.29. The van der Waals surface area contributed by atoms with Gasteiger partial charge in [0.05, 0.1) is 0 Å². The van der Waals surface area contributed by atoms with Gasteiger partial charge >= 0.3 is 0 Å². The second kappa shape index (κ2) is 3.10. The number of nitrogens with zero attached hydrogens (tertiary/aromatic N) is 1. The molecule has 69 valence electrons. The standard InChI is InChI=1S/C11H8NOS/c1-2-4-10-9(3-1)7-13-11(10)12-5-6-14-8-12/h1-8H. The number of hydrogen-bond donors (Lipinski definition) is 0. The zero-order valence-electron chi connectivity index (χ0n) is 7.38. The summed E-state index contributed by atoms with van der Waals surface area (Å²) in [5, 5.41) is 4.31. The lowest BCUT2D eigenvalue weighted by Gasteiger charge is -2.09. The maximum atomic E-state index is 5.53. The number of furan rings is 1. The lowest BCUT2D eigenvalue weighted by atomic mass is 10.2. The molecule has 2 heterocycles. The molecule has 0 unspecified atom stereocenters. The fraction of sp³-hybridized carbons (Fsp3) is 0. The average Bonchev–Trinajstić information content (AvgIpc) is 2.85. The molecule has 0 aliphatic carbocycles. The van der Waals surface area contributed by atoms with Crippen molar-refractivity contribution in [1.29, 1.82) is 0 Å². The summed E-state index contributed by atoms with van der Waals surface area (Å²) in [4.78, 5) is 1.99. The van der Waals surface area contributed by atoms with E-state index in [1.165, 1.54) is 0 Å². The van der Waals surface area contributed by atoms with E-state index in [1.807, 2.05) is 34.5 Å². The molecule has 3 heteroatoms. The molecule has 3 rings (SSSR count). The van der Waals surface area contributed by atoms with Crippen molar-refractivity contribution in [3.05, 3.63) is 48.0 Å². The molecule has 1 aliphatic rings. The van der Waals surface area contributed by atoms with Gasteiger partial charge in [-0.25, -0.2) is 0 Å². The predicted octanol–water partition coefficient (Wildman–Crippen LogP) is 3.58. The summed E-state index contributed by atoms with van der Waals surface area (Å²) < 4.78 is 5.53. The van der Waals surface area contributed by atoms with Gasteiger partial charge in [0.1, 0.15) is 12.1 Å². The molecule has 2 nitrogen and oxygen atoms in total. The second-order valence-electron chi connectivity index (χ2n) is 3.06. The minimum atomic E-state index is 0.891. The highest BCUT2D eigenvalue weighted by Gasteiger charge is 2.14. The van der Waals surface area contributed by atoms with E-state index in [0.717, 1.165) is 16.7 Å². The first kappa shape index (κ1) is 8.00. The van der Waals surface area contributed by atoms with Crippen molar-refractivity contribution in [2.45, 2.75) is 0 Å². The van der Waals surface area contributed by atoms with Gasteiger partial charge in [-0.15, -0.1) is 11.8 Å². The van der Waals surface area contributed by atoms with Crippen LogP contribution in [0.4, 0.5) is 5.88 Å². The summed E-state index contributed by atoms with van der Waals surface area (Å²) in [6.07, 6.45) is 3.78. The molecular formula is C11H8NOS. The van der Waals surface area contributed by atoms with Crippen molar-refractivity contribution in [1.82, 2.24) is 0 Å². The van der Waals surface area contributed by atoms with E-state index in [4.69, 9.17) is 4.42 Å². The number of rotatable bonds is 1. The topological polar surface area (TPSA) is 16.4 Å². The first-order chi connectivity index (χ1) is 6.95. The lowest BCUT2D eigenvalue weighted by molar-refractivity contribution is 0.576. The summed E-state index contributed by atoms with van der Waals surface area (Å²) in [6, 6.07) is 8.16. The first-order valence-electron chi connectivity index (χ1n) is 4.35. The molecule has 0 fully saturated rings. The maximum Gasteiger partial charge on any atom is 0.208 e. The van der Waals surface area contributed by atoms with Crippen molar-refractivity contribution in [3.8, 4) is 0 Å². The van der Waals surface area contributed by atoms with E-state index in [9.17, 15) is 0 Å². The van der Waals surface area contributed by atoms with Gasteiger partial charge in [0, 0.05) is 17.0 Å². The molecule has 2 aromatic rings. The number of anilines is 1. The fourth-order valence-corrected chi connectivity index (χ4v) is 2.10. The summed E-state index contributed by atoms with van der Waals surface area (Å²) in [6.45, 7) is 0. The van der Waals surface area contributed by atoms with Gasteiger partial charge in [-0.1, -0.05) is 18.2 Å². The van der Waals surface area contributed by atoms with Gasteiger partial charge in [-0.2, -0.15) is 0 Å². The Balaban J connectivity index is 2.16. The van der Waals surface area contributed by atoms with Crippen LogP contribution in [0.5, 0.6) is 0 Å². The monoisotopic (exact) mass is 202 g/mol. The van der Waals surface area contributed by atoms with Crippen molar-refractivity contribution in [3.63, 3.8) is 0 Å². The van der Waals surface area contributed by atoms with Crippen molar-refractivity contribution >= 4 is 28.4 Å². The number of thioether (sulfide) groups is 1. The Labute approximate surface area is 86.2 Å². The number of fused-ring (bicyclic) bond motifs is 1. The smallest absolute Gasteiger partial charge is 0.208 e. The molecule has 0 bridgehead atoms. The normalized spacial score (nSPS) is 15.6. The Morgan fingerprint density at radius 1 is 1.21 bits per heavy atom. The fourth-order valence-electron chi connectivity index (χ4n) is 1.53. The molecule has 1 aromatic carbocycles. The van der Waals surface area contributed by atoms with Gasteiger partial charge in [-0.05, 0) is 11.5 Å². The van der Waals surface area contributed by atoms with E-state index < -0.39 is 0 Å². The van der Waals surface area contributed by atoms with Crippen LogP contribution in [0.1, 0.15) is 0 Å². The Morgan fingerprint density at radius 3 is 3.00 bits per heavy atom. The molecule has 0 saturated carbocycles. The van der Waals surface area contributed by atoms with Gasteiger partial charge in [-0.3, -0.25) is 0 Å². The quantitative estimate of drug-likeness (QED) is 0.703. The van der Waals surface area contributed by atoms with Gasteiger partial charge in [0.25, 0.3) is 0 Å². The largest absolute Gasteiger partial charge is 0.447 e. The van der Waals surface area contributed by atoms with Gasteiger partial charge < -0.3 is 9.32 Å². The number of hydrogen-bond acceptors (Lipinski definition) is 3. The third-order valence-electron chi connectivity index (χ3n) is 2.20. The molecule has 1 aliphatic heterocycles. The lowest BCUT2D eigenvalue weighted by Crippen LogP contribution is -2.04. The molecule has 0 saturated heterocycles. The van der Waals surface area contributed by atoms with Gasteiger partial charge in [0.2, 0.25) is 5.88 Å². The molecule has 1 radical (unpaired) electrons. The van der Waals surface area contributed by atoms with E-state index >= 15 is 0 Å². The van der Waals surface area contributed by atoms with Crippen LogP contribution in [0.2, 0.25) is 0 Å². The van der Waals surface area contributed by atoms with E-state index in [2.05, 4.69) is 12.1 Å². The van der Waals surface area contributed by atoms with Crippen LogP contribution in [-0.2, 0) is 0 Å². The Hall–Kier alpha value is -1.35. The van der Waals surface area contributed by atoms with E-state index in [0.29, 0.717) is 0 Å².